The van der Waals surface area contributed by atoms with Crippen molar-refractivity contribution in [2.45, 2.75) is 13.5 Å². The largest absolute Gasteiger partial charge is 0.471 e. The molecule has 0 radical (unpaired) electrons. The summed E-state index contributed by atoms with van der Waals surface area (Å²) in [4.78, 5) is 9.39. The molecule has 3 rings (SSSR count). The lowest BCUT2D eigenvalue weighted by molar-refractivity contribution is 0.291. The normalized spacial score (nSPS) is 10.6. The molecule has 2 N–H and O–H groups in total. The van der Waals surface area contributed by atoms with Crippen LogP contribution in [0.2, 0.25) is 0 Å². The van der Waals surface area contributed by atoms with Crippen LogP contribution in [0.15, 0.2) is 48.5 Å². The van der Waals surface area contributed by atoms with Crippen molar-refractivity contribution in [1.82, 2.24) is 9.97 Å². The first-order valence-corrected chi connectivity index (χ1v) is 7.30. The maximum atomic E-state index is 5.81. The molecule has 1 aromatic heterocycles. The zero-order valence-electron chi connectivity index (χ0n) is 12.1. The standard InChI is InChI=1S/C17H15N3OS/c1-11-17(21-10-12-6-3-2-4-7-12)20-15-13(16(18)22)8-5-9-14(15)19-11/h2-9H,10H2,1H3,(H2,18,22). The highest BCUT2D eigenvalue weighted by atomic mass is 32.1. The number of ether oxygens (including phenoxy) is 1. The average molecular weight is 309 g/mol. The molecular weight excluding hydrogens is 294 g/mol. The number of benzene rings is 2. The fourth-order valence-corrected chi connectivity index (χ4v) is 2.38. The molecule has 22 heavy (non-hydrogen) atoms. The molecule has 0 amide bonds. The number of hydrogen-bond donors (Lipinski definition) is 1. The zero-order valence-corrected chi connectivity index (χ0v) is 12.9. The van der Waals surface area contributed by atoms with Gasteiger partial charge in [-0.25, -0.2) is 9.97 Å². The third kappa shape index (κ3) is 2.89. The van der Waals surface area contributed by atoms with Crippen molar-refractivity contribution in [3.05, 3.63) is 65.4 Å². The lowest BCUT2D eigenvalue weighted by Gasteiger charge is -2.10. The van der Waals surface area contributed by atoms with E-state index in [0.717, 1.165) is 16.8 Å². The monoisotopic (exact) mass is 309 g/mol. The van der Waals surface area contributed by atoms with Gasteiger partial charge in [0.1, 0.15) is 22.8 Å². The molecule has 4 nitrogen and oxygen atoms in total. The Labute approximate surface area is 134 Å². The van der Waals surface area contributed by atoms with Gasteiger partial charge in [-0.3, -0.25) is 0 Å². The van der Waals surface area contributed by atoms with Gasteiger partial charge in [-0.05, 0) is 24.6 Å². The van der Waals surface area contributed by atoms with Gasteiger partial charge < -0.3 is 10.5 Å². The van der Waals surface area contributed by atoms with Gasteiger partial charge in [-0.1, -0.05) is 48.6 Å². The second kappa shape index (κ2) is 6.07. The Morgan fingerprint density at radius 3 is 2.59 bits per heavy atom. The predicted molar refractivity (Wildman–Crippen MR) is 90.9 cm³/mol. The fourth-order valence-electron chi connectivity index (χ4n) is 2.21. The molecule has 110 valence electrons. The van der Waals surface area contributed by atoms with Gasteiger partial charge in [0.25, 0.3) is 0 Å². The Balaban J connectivity index is 1.97. The third-order valence-electron chi connectivity index (χ3n) is 3.31. The van der Waals surface area contributed by atoms with Gasteiger partial charge in [-0.2, -0.15) is 0 Å². The summed E-state index contributed by atoms with van der Waals surface area (Å²) in [7, 11) is 0. The van der Waals surface area contributed by atoms with E-state index in [0.29, 0.717) is 28.6 Å². The van der Waals surface area contributed by atoms with E-state index in [-0.39, 0.29) is 0 Å². The third-order valence-corrected chi connectivity index (χ3v) is 3.53. The summed E-state index contributed by atoms with van der Waals surface area (Å²) < 4.78 is 5.81. The van der Waals surface area contributed by atoms with Crippen LogP contribution in [0.1, 0.15) is 16.8 Å². The Morgan fingerprint density at radius 1 is 1.09 bits per heavy atom. The highest BCUT2D eigenvalue weighted by Crippen LogP contribution is 2.22. The van der Waals surface area contributed by atoms with Gasteiger partial charge in [0.15, 0.2) is 0 Å². The van der Waals surface area contributed by atoms with Crippen LogP contribution in [0.5, 0.6) is 5.88 Å². The molecule has 0 saturated carbocycles. The SMILES string of the molecule is Cc1nc2cccc(C(N)=S)c2nc1OCc1ccccc1. The van der Waals surface area contributed by atoms with Crippen LogP contribution < -0.4 is 10.5 Å². The number of thiocarbonyl (C=S) groups is 1. The van der Waals surface area contributed by atoms with Gasteiger partial charge in [0.2, 0.25) is 5.88 Å². The summed E-state index contributed by atoms with van der Waals surface area (Å²) in [6, 6.07) is 15.5. The number of aryl methyl sites for hydroxylation is 1. The first-order chi connectivity index (χ1) is 10.6. The zero-order chi connectivity index (χ0) is 15.5. The second-order valence-electron chi connectivity index (χ2n) is 4.93. The van der Waals surface area contributed by atoms with Crippen molar-refractivity contribution >= 4 is 28.2 Å². The van der Waals surface area contributed by atoms with E-state index in [1.807, 2.05) is 55.5 Å². The molecule has 0 unspecified atom stereocenters. The number of nitrogens with two attached hydrogens (primary N) is 1. The molecule has 3 aromatic rings. The Bertz CT molecular complexity index is 834. The quantitative estimate of drug-likeness (QED) is 0.750. The van der Waals surface area contributed by atoms with E-state index in [4.69, 9.17) is 22.7 Å². The van der Waals surface area contributed by atoms with Gasteiger partial charge >= 0.3 is 0 Å². The Kier molecular flexibility index (Phi) is 3.98. The molecule has 1 heterocycles. The fraction of sp³-hybridized carbons (Fsp3) is 0.118. The van der Waals surface area contributed by atoms with Crippen molar-refractivity contribution in [2.24, 2.45) is 5.73 Å². The molecule has 0 fully saturated rings. The molecular formula is C17H15N3OS. The molecule has 0 saturated heterocycles. The molecule has 0 aliphatic heterocycles. The molecule has 5 heteroatoms. The van der Waals surface area contributed by atoms with Crippen LogP contribution in [0.4, 0.5) is 0 Å². The molecule has 0 bridgehead atoms. The number of nitrogens with zero attached hydrogens (tertiary/aromatic N) is 2. The van der Waals surface area contributed by atoms with Crippen molar-refractivity contribution in [1.29, 1.82) is 0 Å². The van der Waals surface area contributed by atoms with Crippen molar-refractivity contribution in [3.8, 4) is 5.88 Å². The Hall–Kier alpha value is -2.53. The smallest absolute Gasteiger partial charge is 0.236 e. The number of hydrogen-bond acceptors (Lipinski definition) is 4. The molecule has 0 aliphatic rings. The number of para-hydroxylation sites is 1. The van der Waals surface area contributed by atoms with Gasteiger partial charge in [0, 0.05) is 5.56 Å². The van der Waals surface area contributed by atoms with E-state index < -0.39 is 0 Å². The van der Waals surface area contributed by atoms with Crippen LogP contribution in [0.25, 0.3) is 11.0 Å². The molecule has 0 atom stereocenters. The van der Waals surface area contributed by atoms with E-state index in [1.165, 1.54) is 0 Å². The van der Waals surface area contributed by atoms with E-state index in [1.54, 1.807) is 0 Å². The maximum absolute atomic E-state index is 5.81. The molecule has 2 aromatic carbocycles. The lowest BCUT2D eigenvalue weighted by Crippen LogP contribution is -2.11. The number of rotatable bonds is 4. The minimum atomic E-state index is 0.303. The predicted octanol–water partition coefficient (Wildman–Crippen LogP) is 3.15. The summed E-state index contributed by atoms with van der Waals surface area (Å²) >= 11 is 5.08. The van der Waals surface area contributed by atoms with Crippen molar-refractivity contribution in [2.75, 3.05) is 0 Å². The molecule has 0 aliphatic carbocycles. The van der Waals surface area contributed by atoms with Gasteiger partial charge in [0.05, 0.1) is 5.52 Å². The highest BCUT2D eigenvalue weighted by molar-refractivity contribution is 7.80. The van der Waals surface area contributed by atoms with Crippen LogP contribution in [-0.4, -0.2) is 15.0 Å². The van der Waals surface area contributed by atoms with E-state index in [9.17, 15) is 0 Å². The minimum absolute atomic E-state index is 0.303. The summed E-state index contributed by atoms with van der Waals surface area (Å²) in [5.41, 5.74) is 9.71. The highest BCUT2D eigenvalue weighted by Gasteiger charge is 2.11. The topological polar surface area (TPSA) is 61.0 Å². The lowest BCUT2D eigenvalue weighted by atomic mass is 10.1. The van der Waals surface area contributed by atoms with Crippen molar-refractivity contribution < 1.29 is 4.74 Å². The first-order valence-electron chi connectivity index (χ1n) is 6.89. The second-order valence-corrected chi connectivity index (χ2v) is 5.37. The van der Waals surface area contributed by atoms with E-state index >= 15 is 0 Å². The number of aromatic nitrogens is 2. The number of fused-ring (bicyclic) bond motifs is 1. The minimum Gasteiger partial charge on any atom is -0.471 e. The van der Waals surface area contributed by atoms with Crippen molar-refractivity contribution in [3.63, 3.8) is 0 Å². The maximum Gasteiger partial charge on any atom is 0.236 e. The van der Waals surface area contributed by atoms with Crippen LogP contribution >= 0.6 is 12.2 Å². The van der Waals surface area contributed by atoms with E-state index in [2.05, 4.69) is 9.97 Å². The summed E-state index contributed by atoms with van der Waals surface area (Å²) in [5, 5.41) is 0. The summed E-state index contributed by atoms with van der Waals surface area (Å²) in [6.07, 6.45) is 0. The van der Waals surface area contributed by atoms with Crippen LogP contribution in [0, 0.1) is 6.92 Å². The Morgan fingerprint density at radius 2 is 1.86 bits per heavy atom. The first kappa shape index (κ1) is 14.4. The summed E-state index contributed by atoms with van der Waals surface area (Å²) in [5.74, 6) is 0.500. The van der Waals surface area contributed by atoms with Gasteiger partial charge in [-0.15, -0.1) is 0 Å². The average Bonchev–Trinajstić information content (AvgIpc) is 2.53. The molecule has 0 spiro atoms. The summed E-state index contributed by atoms with van der Waals surface area (Å²) in [6.45, 7) is 2.32. The van der Waals surface area contributed by atoms with Crippen LogP contribution in [0.3, 0.4) is 0 Å². The van der Waals surface area contributed by atoms with Crippen LogP contribution in [-0.2, 0) is 6.61 Å².